The van der Waals surface area contributed by atoms with Crippen molar-refractivity contribution < 1.29 is 29.0 Å². The Balaban J connectivity index is 3.05. The lowest BCUT2D eigenvalue weighted by molar-refractivity contribution is -0.146. The first-order valence-corrected chi connectivity index (χ1v) is 9.29. The van der Waals surface area contributed by atoms with E-state index in [1.54, 1.807) is 38.1 Å². The number of carboxylic acid groups (broad SMARTS) is 1. The molecule has 0 heterocycles. The molecule has 0 aliphatic carbocycles. The summed E-state index contributed by atoms with van der Waals surface area (Å²) in [5, 5.41) is 12.2. The molecule has 1 aromatic carbocycles. The number of ether oxygens (including phenoxy) is 2. The number of anilines is 1. The molecule has 2 atom stereocenters. The Labute approximate surface area is 165 Å². The van der Waals surface area contributed by atoms with E-state index in [2.05, 4.69) is 5.32 Å². The predicted molar refractivity (Wildman–Crippen MR) is 105 cm³/mol. The van der Waals surface area contributed by atoms with Gasteiger partial charge in [0.15, 0.2) is 0 Å². The maximum atomic E-state index is 13.0. The number of carbonyl (C=O) groups is 3. The normalized spacial score (nSPS) is 12.9. The Morgan fingerprint density at radius 2 is 1.89 bits per heavy atom. The number of aliphatic carboxylic acids is 1. The number of nitrogens with zero attached hydrogens (tertiary/aromatic N) is 1. The lowest BCUT2D eigenvalue weighted by Crippen LogP contribution is -2.52. The molecule has 0 saturated carbocycles. The molecule has 0 bridgehead atoms. The number of esters is 1. The molecule has 2 N–H and O–H groups in total. The number of methoxy groups -OCH3 is 1. The van der Waals surface area contributed by atoms with Crippen LogP contribution < -0.4 is 15.0 Å². The average Bonchev–Trinajstić information content (AvgIpc) is 2.64. The van der Waals surface area contributed by atoms with Gasteiger partial charge in [0.05, 0.1) is 19.8 Å². The highest BCUT2D eigenvalue weighted by atomic mass is 16.5. The van der Waals surface area contributed by atoms with Crippen molar-refractivity contribution in [3.05, 3.63) is 24.3 Å². The number of carbonyl (C=O) groups excluding carboxylic acids is 2. The molecule has 8 heteroatoms. The van der Waals surface area contributed by atoms with Crippen LogP contribution in [0.2, 0.25) is 0 Å². The average molecular weight is 394 g/mol. The summed E-state index contributed by atoms with van der Waals surface area (Å²) in [6.07, 6.45) is 0.495. The molecule has 1 rings (SSSR count). The lowest BCUT2D eigenvalue weighted by Gasteiger charge is -2.28. The van der Waals surface area contributed by atoms with Crippen molar-refractivity contribution in [1.82, 2.24) is 5.32 Å². The number of hydrogen-bond donors (Lipinski definition) is 2. The van der Waals surface area contributed by atoms with Gasteiger partial charge in [-0.3, -0.25) is 24.6 Å². The molecule has 0 fully saturated rings. The summed E-state index contributed by atoms with van der Waals surface area (Å²) in [5.74, 6) is -1.33. The zero-order valence-electron chi connectivity index (χ0n) is 17.1. The number of carboxylic acids is 1. The molecule has 0 aliphatic heterocycles. The summed E-state index contributed by atoms with van der Waals surface area (Å²) in [5.41, 5.74) is 0.400. The monoisotopic (exact) mass is 394 g/mol. The zero-order chi connectivity index (χ0) is 21.3. The Morgan fingerprint density at radius 3 is 2.43 bits per heavy atom. The Morgan fingerprint density at radius 1 is 1.21 bits per heavy atom. The molecule has 28 heavy (non-hydrogen) atoms. The Bertz CT molecular complexity index is 676. The first kappa shape index (κ1) is 23.4. The highest BCUT2D eigenvalue weighted by Gasteiger charge is 2.29. The van der Waals surface area contributed by atoms with Gasteiger partial charge in [-0.1, -0.05) is 19.9 Å². The van der Waals surface area contributed by atoms with Crippen molar-refractivity contribution >= 4 is 23.5 Å². The van der Waals surface area contributed by atoms with Gasteiger partial charge in [-0.05, 0) is 38.3 Å². The van der Waals surface area contributed by atoms with Crippen molar-refractivity contribution in [2.75, 3.05) is 25.2 Å². The minimum atomic E-state index is -1.15. The standard InChI is InChI=1S/C20H30N2O6/c1-6-28-20(26)17(10-13(2)3)21-14(4)19(25)22(12-18(23)24)15-8-7-9-16(11-15)27-5/h7-9,11,13-14,17,21H,6,10,12H2,1-5H3,(H,23,24). The number of rotatable bonds is 11. The molecular formula is C20H30N2O6. The van der Waals surface area contributed by atoms with Crippen LogP contribution in [0.1, 0.15) is 34.1 Å². The first-order valence-electron chi connectivity index (χ1n) is 9.29. The van der Waals surface area contributed by atoms with E-state index >= 15 is 0 Å². The van der Waals surface area contributed by atoms with E-state index in [9.17, 15) is 19.5 Å². The summed E-state index contributed by atoms with van der Waals surface area (Å²) >= 11 is 0. The fourth-order valence-corrected chi connectivity index (χ4v) is 2.76. The molecular weight excluding hydrogens is 364 g/mol. The zero-order valence-corrected chi connectivity index (χ0v) is 17.1. The molecule has 1 aromatic rings. The van der Waals surface area contributed by atoms with Crippen LogP contribution in [-0.4, -0.2) is 55.3 Å². The first-order chi connectivity index (χ1) is 13.2. The van der Waals surface area contributed by atoms with E-state index in [0.29, 0.717) is 17.9 Å². The van der Waals surface area contributed by atoms with E-state index in [-0.39, 0.29) is 12.5 Å². The van der Waals surface area contributed by atoms with Crippen molar-refractivity contribution in [2.24, 2.45) is 5.92 Å². The van der Waals surface area contributed by atoms with Gasteiger partial charge >= 0.3 is 11.9 Å². The molecule has 0 aromatic heterocycles. The van der Waals surface area contributed by atoms with Gasteiger partial charge < -0.3 is 14.6 Å². The smallest absolute Gasteiger partial charge is 0.323 e. The quantitative estimate of drug-likeness (QED) is 0.554. The number of benzene rings is 1. The van der Waals surface area contributed by atoms with E-state index in [1.165, 1.54) is 7.11 Å². The Kier molecular flexibility index (Phi) is 9.44. The third kappa shape index (κ3) is 7.19. The fraction of sp³-hybridized carbons (Fsp3) is 0.550. The van der Waals surface area contributed by atoms with E-state index in [4.69, 9.17) is 9.47 Å². The number of amides is 1. The number of nitrogens with one attached hydrogen (secondary N) is 1. The topological polar surface area (TPSA) is 105 Å². The van der Waals surface area contributed by atoms with Crippen molar-refractivity contribution in [1.29, 1.82) is 0 Å². The van der Waals surface area contributed by atoms with Crippen molar-refractivity contribution in [3.63, 3.8) is 0 Å². The fourth-order valence-electron chi connectivity index (χ4n) is 2.76. The van der Waals surface area contributed by atoms with Crippen LogP contribution in [0.15, 0.2) is 24.3 Å². The van der Waals surface area contributed by atoms with Gasteiger partial charge in [0.1, 0.15) is 18.3 Å². The minimum absolute atomic E-state index is 0.206. The van der Waals surface area contributed by atoms with Gasteiger partial charge in [-0.25, -0.2) is 0 Å². The maximum absolute atomic E-state index is 13.0. The van der Waals surface area contributed by atoms with Crippen molar-refractivity contribution in [3.8, 4) is 5.75 Å². The van der Waals surface area contributed by atoms with E-state index in [1.807, 2.05) is 13.8 Å². The summed E-state index contributed by atoms with van der Waals surface area (Å²) in [7, 11) is 1.49. The van der Waals surface area contributed by atoms with Gasteiger partial charge in [0.25, 0.3) is 0 Å². The van der Waals surface area contributed by atoms with Crippen LogP contribution in [0, 0.1) is 5.92 Å². The molecule has 8 nitrogen and oxygen atoms in total. The molecule has 2 unspecified atom stereocenters. The van der Waals surface area contributed by atoms with Crippen LogP contribution in [0.3, 0.4) is 0 Å². The van der Waals surface area contributed by atoms with Gasteiger partial charge in [0.2, 0.25) is 5.91 Å². The molecule has 0 aliphatic rings. The van der Waals surface area contributed by atoms with Crippen LogP contribution >= 0.6 is 0 Å². The second kappa shape index (κ2) is 11.3. The highest BCUT2D eigenvalue weighted by Crippen LogP contribution is 2.22. The highest BCUT2D eigenvalue weighted by molar-refractivity contribution is 6.00. The third-order valence-electron chi connectivity index (χ3n) is 4.02. The second-order valence-electron chi connectivity index (χ2n) is 6.84. The van der Waals surface area contributed by atoms with Crippen LogP contribution in [0.5, 0.6) is 5.75 Å². The summed E-state index contributed by atoms with van der Waals surface area (Å²) in [6, 6.07) is 5.15. The van der Waals surface area contributed by atoms with E-state index in [0.717, 1.165) is 4.90 Å². The number of hydrogen-bond acceptors (Lipinski definition) is 6. The second-order valence-corrected chi connectivity index (χ2v) is 6.84. The summed E-state index contributed by atoms with van der Waals surface area (Å²) in [6.45, 7) is 6.99. The van der Waals surface area contributed by atoms with E-state index < -0.39 is 36.5 Å². The van der Waals surface area contributed by atoms with Crippen LogP contribution in [0.4, 0.5) is 5.69 Å². The van der Waals surface area contributed by atoms with Crippen LogP contribution in [0.25, 0.3) is 0 Å². The van der Waals surface area contributed by atoms with Gasteiger partial charge in [-0.2, -0.15) is 0 Å². The molecule has 0 saturated heterocycles. The SMILES string of the molecule is CCOC(=O)C(CC(C)C)NC(C)C(=O)N(CC(=O)O)c1cccc(OC)c1. The summed E-state index contributed by atoms with van der Waals surface area (Å²) in [4.78, 5) is 37.7. The maximum Gasteiger partial charge on any atom is 0.323 e. The lowest BCUT2D eigenvalue weighted by atomic mass is 10.0. The predicted octanol–water partition coefficient (Wildman–Crippen LogP) is 2.07. The molecule has 0 radical (unpaired) electrons. The molecule has 1 amide bonds. The molecule has 156 valence electrons. The Hall–Kier alpha value is -2.61. The molecule has 0 spiro atoms. The minimum Gasteiger partial charge on any atom is -0.497 e. The third-order valence-corrected chi connectivity index (χ3v) is 4.02. The van der Waals surface area contributed by atoms with Crippen LogP contribution in [-0.2, 0) is 19.1 Å². The van der Waals surface area contributed by atoms with Crippen molar-refractivity contribution in [2.45, 2.75) is 46.2 Å². The summed E-state index contributed by atoms with van der Waals surface area (Å²) < 4.78 is 10.2. The van der Waals surface area contributed by atoms with Gasteiger partial charge in [0, 0.05) is 11.8 Å². The largest absolute Gasteiger partial charge is 0.497 e. The van der Waals surface area contributed by atoms with Gasteiger partial charge in [-0.15, -0.1) is 0 Å².